The van der Waals surface area contributed by atoms with E-state index in [1.54, 1.807) is 25.4 Å². The lowest BCUT2D eigenvalue weighted by Crippen LogP contribution is -2.07. The molecule has 2 aromatic carbocycles. The van der Waals surface area contributed by atoms with Gasteiger partial charge in [-0.15, -0.1) is 0 Å². The first kappa shape index (κ1) is 17.0. The molecule has 0 saturated heterocycles. The van der Waals surface area contributed by atoms with Crippen LogP contribution in [0.1, 0.15) is 15.9 Å². The Bertz CT molecular complexity index is 835. The zero-order valence-corrected chi connectivity index (χ0v) is 14.5. The number of benzene rings is 2. The Morgan fingerprint density at radius 2 is 1.76 bits per heavy atom. The van der Waals surface area contributed by atoms with Crippen molar-refractivity contribution in [3.05, 3.63) is 84.1 Å². The number of nitrogens with zero attached hydrogens (tertiary/aromatic N) is 1. The number of methoxy groups -OCH3 is 1. The molecule has 1 aromatic heterocycles. The molecule has 5 heteroatoms. The minimum atomic E-state index is -0.387. The second-order valence-electron chi connectivity index (χ2n) is 5.20. The molecule has 0 unspecified atom stereocenters. The van der Waals surface area contributed by atoms with Crippen LogP contribution in [0.25, 0.3) is 0 Å². The summed E-state index contributed by atoms with van der Waals surface area (Å²) in [6, 6.07) is 20.7. The molecule has 4 nitrogen and oxygen atoms in total. The molecule has 1 heterocycles. The molecule has 0 atom stereocenters. The molecule has 25 heavy (non-hydrogen) atoms. The summed E-state index contributed by atoms with van der Waals surface area (Å²) in [5.41, 5.74) is 1.36. The van der Waals surface area contributed by atoms with Gasteiger partial charge in [0.25, 0.3) is 0 Å². The highest BCUT2D eigenvalue weighted by Crippen LogP contribution is 2.28. The van der Waals surface area contributed by atoms with Crippen LogP contribution in [-0.4, -0.2) is 18.1 Å². The van der Waals surface area contributed by atoms with Crippen molar-refractivity contribution < 1.29 is 14.3 Å². The topological polar surface area (TPSA) is 48.4 Å². The molecule has 0 fully saturated rings. The number of carbonyl (C=O) groups is 1. The Morgan fingerprint density at radius 3 is 2.48 bits per heavy atom. The highest BCUT2D eigenvalue weighted by molar-refractivity contribution is 7.99. The molecule has 0 saturated carbocycles. The standard InChI is InChI=1S/C20H17NO3S/c1-23-16-11-9-15(10-12-16)14-24-20(22)18-8-5-13-21-19(18)25-17-6-3-2-4-7-17/h2-13H,14H2,1H3. The Hall–Kier alpha value is -2.79. The van der Waals surface area contributed by atoms with Gasteiger partial charge in [0.15, 0.2) is 0 Å². The van der Waals surface area contributed by atoms with Gasteiger partial charge in [0.1, 0.15) is 17.4 Å². The molecule has 0 bridgehead atoms. The van der Waals surface area contributed by atoms with Crippen molar-refractivity contribution in [2.24, 2.45) is 0 Å². The van der Waals surface area contributed by atoms with Gasteiger partial charge < -0.3 is 9.47 Å². The Balaban J connectivity index is 1.69. The summed E-state index contributed by atoms with van der Waals surface area (Å²) in [6.45, 7) is 0.202. The van der Waals surface area contributed by atoms with Gasteiger partial charge in [0, 0.05) is 11.1 Å². The second-order valence-corrected chi connectivity index (χ2v) is 6.26. The molecule has 0 N–H and O–H groups in total. The lowest BCUT2D eigenvalue weighted by Gasteiger charge is -2.09. The molecule has 0 spiro atoms. The lowest BCUT2D eigenvalue weighted by molar-refractivity contribution is 0.0467. The number of hydrogen-bond acceptors (Lipinski definition) is 5. The van der Waals surface area contributed by atoms with Crippen LogP contribution < -0.4 is 4.74 Å². The number of carbonyl (C=O) groups excluding carboxylic acids is 1. The third-order valence-corrected chi connectivity index (χ3v) is 4.50. The Morgan fingerprint density at radius 1 is 1.00 bits per heavy atom. The number of esters is 1. The molecular formula is C20H17NO3S. The van der Waals surface area contributed by atoms with Gasteiger partial charge in [-0.2, -0.15) is 0 Å². The monoisotopic (exact) mass is 351 g/mol. The van der Waals surface area contributed by atoms with E-state index in [1.165, 1.54) is 11.8 Å². The van der Waals surface area contributed by atoms with Gasteiger partial charge >= 0.3 is 5.97 Å². The van der Waals surface area contributed by atoms with Crippen molar-refractivity contribution >= 4 is 17.7 Å². The highest BCUT2D eigenvalue weighted by atomic mass is 32.2. The predicted molar refractivity (Wildman–Crippen MR) is 96.9 cm³/mol. The van der Waals surface area contributed by atoms with E-state index in [4.69, 9.17) is 9.47 Å². The van der Waals surface area contributed by atoms with Crippen LogP contribution in [0.4, 0.5) is 0 Å². The van der Waals surface area contributed by atoms with E-state index >= 15 is 0 Å². The summed E-state index contributed by atoms with van der Waals surface area (Å²) in [6.07, 6.45) is 1.67. The molecule has 3 rings (SSSR count). The van der Waals surface area contributed by atoms with Crippen molar-refractivity contribution in [3.8, 4) is 5.75 Å². The van der Waals surface area contributed by atoms with E-state index in [2.05, 4.69) is 4.98 Å². The number of ether oxygens (including phenoxy) is 2. The number of aromatic nitrogens is 1. The average Bonchev–Trinajstić information content (AvgIpc) is 2.68. The molecule has 0 amide bonds. The van der Waals surface area contributed by atoms with Crippen LogP contribution in [0.15, 0.2) is 82.8 Å². The maximum absolute atomic E-state index is 12.5. The summed E-state index contributed by atoms with van der Waals surface area (Å²) in [5.74, 6) is 0.381. The van der Waals surface area contributed by atoms with Crippen molar-refractivity contribution in [1.29, 1.82) is 0 Å². The molecule has 126 valence electrons. The molecular weight excluding hydrogens is 334 g/mol. The number of hydrogen-bond donors (Lipinski definition) is 0. The van der Waals surface area contributed by atoms with Crippen molar-refractivity contribution in [2.75, 3.05) is 7.11 Å². The number of rotatable bonds is 6. The first-order valence-electron chi connectivity index (χ1n) is 7.74. The van der Waals surface area contributed by atoms with E-state index in [9.17, 15) is 4.79 Å². The molecule has 3 aromatic rings. The zero-order chi connectivity index (χ0) is 17.5. The first-order valence-corrected chi connectivity index (χ1v) is 8.56. The Kier molecular flexibility index (Phi) is 5.69. The molecule has 0 aliphatic carbocycles. The average molecular weight is 351 g/mol. The van der Waals surface area contributed by atoms with Crippen LogP contribution in [0.5, 0.6) is 5.75 Å². The van der Waals surface area contributed by atoms with Crippen LogP contribution in [0, 0.1) is 0 Å². The third kappa shape index (κ3) is 4.61. The van der Waals surface area contributed by atoms with E-state index in [0.717, 1.165) is 16.2 Å². The van der Waals surface area contributed by atoms with Gasteiger partial charge in [0.05, 0.1) is 12.7 Å². The van der Waals surface area contributed by atoms with E-state index in [1.807, 2.05) is 54.6 Å². The van der Waals surface area contributed by atoms with E-state index < -0.39 is 0 Å². The largest absolute Gasteiger partial charge is 0.497 e. The second kappa shape index (κ2) is 8.35. The normalized spacial score (nSPS) is 10.3. The van der Waals surface area contributed by atoms with Crippen LogP contribution >= 0.6 is 11.8 Å². The smallest absolute Gasteiger partial charge is 0.341 e. The number of pyridine rings is 1. The van der Waals surface area contributed by atoms with E-state index in [-0.39, 0.29) is 12.6 Å². The first-order chi connectivity index (χ1) is 12.3. The fraction of sp³-hybridized carbons (Fsp3) is 0.100. The zero-order valence-electron chi connectivity index (χ0n) is 13.7. The van der Waals surface area contributed by atoms with Crippen LogP contribution in [0.3, 0.4) is 0 Å². The molecule has 0 radical (unpaired) electrons. The lowest BCUT2D eigenvalue weighted by atomic mass is 10.2. The summed E-state index contributed by atoms with van der Waals surface area (Å²) in [5, 5.41) is 0.633. The highest BCUT2D eigenvalue weighted by Gasteiger charge is 2.15. The SMILES string of the molecule is COc1ccc(COC(=O)c2cccnc2Sc2ccccc2)cc1. The van der Waals surface area contributed by atoms with E-state index in [0.29, 0.717) is 10.6 Å². The fourth-order valence-corrected chi connectivity index (χ4v) is 3.07. The summed E-state index contributed by atoms with van der Waals surface area (Å²) in [7, 11) is 1.61. The molecule has 0 aliphatic rings. The minimum Gasteiger partial charge on any atom is -0.497 e. The van der Waals surface area contributed by atoms with Gasteiger partial charge in [0.2, 0.25) is 0 Å². The van der Waals surface area contributed by atoms with Gasteiger partial charge in [-0.05, 0) is 42.0 Å². The predicted octanol–water partition coefficient (Wildman–Crippen LogP) is 4.60. The maximum atomic E-state index is 12.5. The summed E-state index contributed by atoms with van der Waals surface area (Å²) >= 11 is 1.44. The Labute approximate surface area is 150 Å². The summed E-state index contributed by atoms with van der Waals surface area (Å²) in [4.78, 5) is 17.8. The van der Waals surface area contributed by atoms with Gasteiger partial charge in [-0.3, -0.25) is 0 Å². The summed E-state index contributed by atoms with van der Waals surface area (Å²) < 4.78 is 10.6. The minimum absolute atomic E-state index is 0.202. The van der Waals surface area contributed by atoms with Gasteiger partial charge in [-0.1, -0.05) is 42.1 Å². The van der Waals surface area contributed by atoms with Crippen molar-refractivity contribution in [2.45, 2.75) is 16.5 Å². The van der Waals surface area contributed by atoms with Crippen LogP contribution in [0.2, 0.25) is 0 Å². The third-order valence-electron chi connectivity index (χ3n) is 3.48. The maximum Gasteiger partial charge on any atom is 0.341 e. The fourth-order valence-electron chi connectivity index (χ4n) is 2.18. The van der Waals surface area contributed by atoms with Crippen LogP contribution in [-0.2, 0) is 11.3 Å². The quantitative estimate of drug-likeness (QED) is 0.608. The van der Waals surface area contributed by atoms with Gasteiger partial charge in [-0.25, -0.2) is 9.78 Å². The van der Waals surface area contributed by atoms with Crippen molar-refractivity contribution in [1.82, 2.24) is 4.98 Å². The molecule has 0 aliphatic heterocycles. The van der Waals surface area contributed by atoms with Crippen molar-refractivity contribution in [3.63, 3.8) is 0 Å².